The van der Waals surface area contributed by atoms with E-state index in [4.69, 9.17) is 9.47 Å². The van der Waals surface area contributed by atoms with Crippen molar-refractivity contribution >= 4 is 17.5 Å². The van der Waals surface area contributed by atoms with E-state index in [0.29, 0.717) is 41.5 Å². The predicted molar refractivity (Wildman–Crippen MR) is 107 cm³/mol. The number of nitrogens with zero attached hydrogens (tertiary/aromatic N) is 1. The van der Waals surface area contributed by atoms with Gasteiger partial charge in [-0.1, -0.05) is 18.2 Å². The molecule has 1 aliphatic rings. The number of fused-ring (bicyclic) bond motifs is 1. The van der Waals surface area contributed by atoms with Gasteiger partial charge in [-0.2, -0.15) is 0 Å². The lowest BCUT2D eigenvalue weighted by Gasteiger charge is -2.20. The molecule has 2 N–H and O–H groups in total. The first-order valence-electron chi connectivity index (χ1n) is 9.18. The van der Waals surface area contributed by atoms with Gasteiger partial charge in [0.05, 0.1) is 5.56 Å². The molecule has 2 heterocycles. The summed E-state index contributed by atoms with van der Waals surface area (Å²) in [6.07, 6.45) is 3.22. The minimum Gasteiger partial charge on any atom is -0.486 e. The second-order valence-electron chi connectivity index (χ2n) is 6.40. The fourth-order valence-corrected chi connectivity index (χ4v) is 2.99. The highest BCUT2D eigenvalue weighted by Gasteiger charge is 2.20. The Hall–Kier alpha value is -3.87. The highest BCUT2D eigenvalue weighted by atomic mass is 16.6. The monoisotopic (exact) mass is 389 g/mol. The Morgan fingerprint density at radius 2 is 1.72 bits per heavy atom. The van der Waals surface area contributed by atoms with E-state index >= 15 is 0 Å². The smallest absolute Gasteiger partial charge is 0.255 e. The number of anilines is 1. The van der Waals surface area contributed by atoms with Crippen LogP contribution in [0.1, 0.15) is 26.3 Å². The van der Waals surface area contributed by atoms with E-state index in [-0.39, 0.29) is 18.4 Å². The van der Waals surface area contributed by atoms with Crippen molar-refractivity contribution in [1.29, 1.82) is 0 Å². The van der Waals surface area contributed by atoms with Crippen LogP contribution in [0.15, 0.2) is 67.0 Å². The number of hydrogen-bond donors (Lipinski definition) is 2. The third-order valence-corrected chi connectivity index (χ3v) is 4.39. The number of nitrogens with one attached hydrogen (secondary N) is 2. The van der Waals surface area contributed by atoms with E-state index < -0.39 is 0 Å². The molecule has 2 aromatic carbocycles. The van der Waals surface area contributed by atoms with Crippen molar-refractivity contribution < 1.29 is 19.1 Å². The zero-order valence-corrected chi connectivity index (χ0v) is 15.6. The number of amides is 2. The number of pyridine rings is 1. The molecule has 0 saturated heterocycles. The van der Waals surface area contributed by atoms with Crippen molar-refractivity contribution in [3.8, 4) is 11.5 Å². The quantitative estimate of drug-likeness (QED) is 0.700. The average Bonchev–Trinajstić information content (AvgIpc) is 2.78. The standard InChI is InChI=1S/C22H19N3O4/c26-21(25-17-7-9-23-10-8-17)16-4-1-3-15(13-16)14-24-22(27)18-5-2-6-19-20(18)29-12-11-28-19/h1-10,13H,11-12,14H2,(H,24,27)(H,23,25,26). The van der Waals surface area contributed by atoms with Gasteiger partial charge in [0.1, 0.15) is 13.2 Å². The van der Waals surface area contributed by atoms with Crippen LogP contribution in [0.2, 0.25) is 0 Å². The van der Waals surface area contributed by atoms with Gasteiger partial charge in [-0.25, -0.2) is 0 Å². The average molecular weight is 389 g/mol. The number of para-hydroxylation sites is 1. The lowest BCUT2D eigenvalue weighted by atomic mass is 10.1. The Balaban J connectivity index is 1.42. The second kappa shape index (κ2) is 8.43. The van der Waals surface area contributed by atoms with E-state index in [9.17, 15) is 9.59 Å². The summed E-state index contributed by atoms with van der Waals surface area (Å²) in [6.45, 7) is 1.15. The van der Waals surface area contributed by atoms with Gasteiger partial charge in [0, 0.05) is 30.2 Å². The van der Waals surface area contributed by atoms with Gasteiger partial charge < -0.3 is 20.1 Å². The maximum Gasteiger partial charge on any atom is 0.255 e. The SMILES string of the molecule is O=C(Nc1ccncc1)c1cccc(CNC(=O)c2cccc3c2OCCO3)c1. The maximum absolute atomic E-state index is 12.6. The number of aromatic nitrogens is 1. The van der Waals surface area contributed by atoms with Crippen LogP contribution in [0, 0.1) is 0 Å². The Bertz CT molecular complexity index is 1040. The summed E-state index contributed by atoms with van der Waals surface area (Å²) in [5.74, 6) is 0.534. The summed E-state index contributed by atoms with van der Waals surface area (Å²) in [5.41, 5.74) is 2.40. The van der Waals surface area contributed by atoms with Crippen LogP contribution in [-0.4, -0.2) is 30.0 Å². The van der Waals surface area contributed by atoms with Crippen molar-refractivity contribution in [2.75, 3.05) is 18.5 Å². The lowest BCUT2D eigenvalue weighted by Crippen LogP contribution is -2.25. The number of rotatable bonds is 5. The minimum atomic E-state index is -0.265. The number of carbonyl (C=O) groups is 2. The molecule has 2 amide bonds. The Morgan fingerprint density at radius 1 is 0.931 bits per heavy atom. The van der Waals surface area contributed by atoms with Crippen LogP contribution in [0.25, 0.3) is 0 Å². The molecular weight excluding hydrogens is 370 g/mol. The van der Waals surface area contributed by atoms with Crippen LogP contribution >= 0.6 is 0 Å². The molecule has 29 heavy (non-hydrogen) atoms. The number of hydrogen-bond acceptors (Lipinski definition) is 5. The van der Waals surface area contributed by atoms with Crippen LogP contribution in [0.5, 0.6) is 11.5 Å². The summed E-state index contributed by atoms with van der Waals surface area (Å²) < 4.78 is 11.1. The van der Waals surface area contributed by atoms with Crippen molar-refractivity contribution in [1.82, 2.24) is 10.3 Å². The molecule has 0 radical (unpaired) electrons. The van der Waals surface area contributed by atoms with Gasteiger partial charge in [-0.3, -0.25) is 14.6 Å². The third-order valence-electron chi connectivity index (χ3n) is 4.39. The van der Waals surface area contributed by atoms with Crippen LogP contribution < -0.4 is 20.1 Å². The molecule has 1 aliphatic heterocycles. The Morgan fingerprint density at radius 3 is 2.59 bits per heavy atom. The van der Waals surface area contributed by atoms with E-state index in [1.807, 2.05) is 6.07 Å². The molecule has 7 nitrogen and oxygen atoms in total. The molecule has 0 atom stereocenters. The van der Waals surface area contributed by atoms with Crippen LogP contribution in [-0.2, 0) is 6.54 Å². The van der Waals surface area contributed by atoms with Gasteiger partial charge in [0.25, 0.3) is 11.8 Å². The fourth-order valence-electron chi connectivity index (χ4n) is 2.99. The topological polar surface area (TPSA) is 89.6 Å². The van der Waals surface area contributed by atoms with E-state index in [1.165, 1.54) is 0 Å². The third kappa shape index (κ3) is 4.35. The highest BCUT2D eigenvalue weighted by molar-refractivity contribution is 6.04. The Labute approximate surface area is 167 Å². The first-order valence-corrected chi connectivity index (χ1v) is 9.18. The van der Waals surface area contributed by atoms with E-state index in [0.717, 1.165) is 5.56 Å². The van der Waals surface area contributed by atoms with Crippen molar-refractivity contribution in [3.63, 3.8) is 0 Å². The van der Waals surface area contributed by atoms with Gasteiger partial charge in [0.2, 0.25) is 0 Å². The van der Waals surface area contributed by atoms with Gasteiger partial charge in [-0.05, 0) is 42.0 Å². The summed E-state index contributed by atoms with van der Waals surface area (Å²) in [7, 11) is 0. The summed E-state index contributed by atoms with van der Waals surface area (Å²) in [6, 6.07) is 15.8. The number of benzene rings is 2. The van der Waals surface area contributed by atoms with Crippen molar-refractivity contribution in [2.24, 2.45) is 0 Å². The van der Waals surface area contributed by atoms with Crippen LogP contribution in [0.4, 0.5) is 5.69 Å². The molecule has 0 bridgehead atoms. The van der Waals surface area contributed by atoms with Gasteiger partial charge >= 0.3 is 0 Å². The minimum absolute atomic E-state index is 0.230. The largest absolute Gasteiger partial charge is 0.486 e. The molecule has 1 aromatic heterocycles. The Kier molecular flexibility index (Phi) is 5.38. The number of ether oxygens (including phenoxy) is 2. The van der Waals surface area contributed by atoms with Crippen molar-refractivity contribution in [3.05, 3.63) is 83.7 Å². The van der Waals surface area contributed by atoms with Crippen molar-refractivity contribution in [2.45, 2.75) is 6.54 Å². The summed E-state index contributed by atoms with van der Waals surface area (Å²) in [5, 5.41) is 5.68. The molecule has 4 rings (SSSR count). The molecule has 146 valence electrons. The summed E-state index contributed by atoms with van der Waals surface area (Å²) >= 11 is 0. The first-order chi connectivity index (χ1) is 14.2. The molecule has 0 aliphatic carbocycles. The maximum atomic E-state index is 12.6. The summed E-state index contributed by atoms with van der Waals surface area (Å²) in [4.78, 5) is 29.0. The fraction of sp³-hybridized carbons (Fsp3) is 0.136. The molecule has 0 fully saturated rings. The highest BCUT2D eigenvalue weighted by Crippen LogP contribution is 2.33. The molecular formula is C22H19N3O4. The zero-order valence-electron chi connectivity index (χ0n) is 15.6. The van der Waals surface area contributed by atoms with Crippen LogP contribution in [0.3, 0.4) is 0 Å². The first kappa shape index (κ1) is 18.5. The normalized spacial score (nSPS) is 12.1. The van der Waals surface area contributed by atoms with Gasteiger partial charge in [0.15, 0.2) is 11.5 Å². The second-order valence-corrected chi connectivity index (χ2v) is 6.40. The molecule has 0 spiro atoms. The van der Waals surface area contributed by atoms with Gasteiger partial charge in [-0.15, -0.1) is 0 Å². The predicted octanol–water partition coefficient (Wildman–Crippen LogP) is 3.04. The molecule has 0 unspecified atom stereocenters. The lowest BCUT2D eigenvalue weighted by molar-refractivity contribution is 0.0939. The zero-order chi connectivity index (χ0) is 20.1. The molecule has 0 saturated carbocycles. The number of carbonyl (C=O) groups excluding carboxylic acids is 2. The molecule has 3 aromatic rings. The molecule has 7 heteroatoms. The van der Waals surface area contributed by atoms with E-state index in [2.05, 4.69) is 15.6 Å². The van der Waals surface area contributed by atoms with E-state index in [1.54, 1.807) is 60.9 Å².